The predicted molar refractivity (Wildman–Crippen MR) is 117 cm³/mol. The lowest BCUT2D eigenvalue weighted by molar-refractivity contribution is -0.117. The molecule has 28 heavy (non-hydrogen) atoms. The average Bonchev–Trinajstić information content (AvgIpc) is 3.00. The van der Waals surface area contributed by atoms with Crippen LogP contribution in [0.25, 0.3) is 0 Å². The molecule has 12 heteroatoms. The summed E-state index contributed by atoms with van der Waals surface area (Å²) in [5.41, 5.74) is 0.257. The molecule has 0 aliphatic carbocycles. The van der Waals surface area contributed by atoms with Crippen LogP contribution < -0.4 is 9.62 Å². The molecule has 1 aromatic heterocycles. The minimum Gasteiger partial charge on any atom is -0.299 e. The van der Waals surface area contributed by atoms with Crippen molar-refractivity contribution >= 4 is 73.0 Å². The minimum absolute atomic E-state index is 0.197. The van der Waals surface area contributed by atoms with Gasteiger partial charge in [-0.2, -0.15) is 0 Å². The third-order valence-electron chi connectivity index (χ3n) is 3.46. The third kappa shape index (κ3) is 5.96. The number of thioether (sulfide) groups is 1. The molecule has 1 aromatic carbocycles. The van der Waals surface area contributed by atoms with E-state index < -0.39 is 22.0 Å². The lowest BCUT2D eigenvalue weighted by Crippen LogP contribution is -2.47. The van der Waals surface area contributed by atoms with E-state index >= 15 is 0 Å². The van der Waals surface area contributed by atoms with Crippen molar-refractivity contribution in [1.29, 1.82) is 0 Å². The van der Waals surface area contributed by atoms with Gasteiger partial charge >= 0.3 is 0 Å². The molecule has 0 aliphatic heterocycles. The number of nitrogens with one attached hydrogen (secondary N) is 1. The number of carbonyl (C=O) groups is 1. The maximum Gasteiger partial charge on any atom is 0.250 e. The largest absolute Gasteiger partial charge is 0.299 e. The molecule has 0 unspecified atom stereocenters. The molecule has 0 radical (unpaired) electrons. The number of carbonyl (C=O) groups excluding carboxylic acids is 1. The zero-order valence-corrected chi connectivity index (χ0v) is 19.6. The van der Waals surface area contributed by atoms with Gasteiger partial charge in [-0.3, -0.25) is 14.4 Å². The summed E-state index contributed by atoms with van der Waals surface area (Å²) in [6.45, 7) is 5.78. The highest BCUT2D eigenvalue weighted by Crippen LogP contribution is 2.31. The topological polar surface area (TPSA) is 92.3 Å². The number of hydrogen-bond donors (Lipinski definition) is 1. The van der Waals surface area contributed by atoms with Crippen molar-refractivity contribution in [2.24, 2.45) is 0 Å². The molecule has 2 rings (SSSR count). The number of halogens is 2. The van der Waals surface area contributed by atoms with Crippen LogP contribution in [0.5, 0.6) is 0 Å². The molecule has 0 fully saturated rings. The number of anilines is 2. The summed E-state index contributed by atoms with van der Waals surface area (Å²) in [4.78, 5) is 12.8. The van der Waals surface area contributed by atoms with Crippen LogP contribution in [0.1, 0.15) is 27.2 Å². The standard InChI is InChI=1S/C16H20Cl2N4O3S3/c1-5-13(14(23)19-15-20-21-16(27-15)26-9(2)3)22(28(4,24)25)10-6-7-11(17)12(18)8-10/h6-9,13H,5H2,1-4H3,(H,19,20,23)/t13-/m1/s1. The molecule has 2 aromatic rings. The Labute approximate surface area is 182 Å². The molecule has 0 saturated carbocycles. The lowest BCUT2D eigenvalue weighted by Gasteiger charge is -2.30. The molecule has 0 aliphatic rings. The highest BCUT2D eigenvalue weighted by atomic mass is 35.5. The average molecular weight is 483 g/mol. The van der Waals surface area contributed by atoms with Crippen LogP contribution in [-0.2, 0) is 14.8 Å². The molecule has 154 valence electrons. The molecule has 0 saturated heterocycles. The van der Waals surface area contributed by atoms with E-state index in [9.17, 15) is 13.2 Å². The van der Waals surface area contributed by atoms with Crippen molar-refractivity contribution in [3.8, 4) is 0 Å². The van der Waals surface area contributed by atoms with Crippen LogP contribution in [0, 0.1) is 0 Å². The zero-order valence-electron chi connectivity index (χ0n) is 15.6. The van der Waals surface area contributed by atoms with E-state index in [4.69, 9.17) is 23.2 Å². The molecule has 1 N–H and O–H groups in total. The van der Waals surface area contributed by atoms with Crippen molar-refractivity contribution < 1.29 is 13.2 Å². The van der Waals surface area contributed by atoms with Gasteiger partial charge in [0.05, 0.1) is 22.0 Å². The predicted octanol–water partition coefficient (Wildman–Crippen LogP) is 4.53. The van der Waals surface area contributed by atoms with Crippen LogP contribution in [0.4, 0.5) is 10.8 Å². The number of nitrogens with zero attached hydrogens (tertiary/aromatic N) is 3. The summed E-state index contributed by atoms with van der Waals surface area (Å²) in [6, 6.07) is 3.43. The van der Waals surface area contributed by atoms with E-state index in [1.807, 2.05) is 13.8 Å². The Bertz CT molecular complexity index is 950. The normalized spacial score (nSPS) is 12.8. The molecule has 0 spiro atoms. The smallest absolute Gasteiger partial charge is 0.250 e. The fourth-order valence-electron chi connectivity index (χ4n) is 2.38. The van der Waals surface area contributed by atoms with Crippen LogP contribution in [0.3, 0.4) is 0 Å². The minimum atomic E-state index is -3.77. The van der Waals surface area contributed by atoms with Gasteiger partial charge in [0.1, 0.15) is 6.04 Å². The van der Waals surface area contributed by atoms with Crippen LogP contribution in [0.15, 0.2) is 22.5 Å². The third-order valence-corrected chi connectivity index (χ3v) is 7.31. The number of aromatic nitrogens is 2. The van der Waals surface area contributed by atoms with Crippen LogP contribution in [-0.4, -0.2) is 42.1 Å². The first kappa shape index (κ1) is 23.2. The van der Waals surface area contributed by atoms with Crippen molar-refractivity contribution in [3.63, 3.8) is 0 Å². The van der Waals surface area contributed by atoms with Gasteiger partial charge in [0.25, 0.3) is 0 Å². The number of rotatable bonds is 8. The molecule has 1 amide bonds. The summed E-state index contributed by atoms with van der Waals surface area (Å²) >= 11 is 14.7. The van der Waals surface area contributed by atoms with Gasteiger partial charge in [-0.05, 0) is 24.6 Å². The number of hydrogen-bond acceptors (Lipinski definition) is 7. The number of amides is 1. The monoisotopic (exact) mass is 482 g/mol. The number of sulfonamides is 1. The van der Waals surface area contributed by atoms with Gasteiger partial charge in [0.15, 0.2) is 4.34 Å². The van der Waals surface area contributed by atoms with Crippen molar-refractivity contribution in [3.05, 3.63) is 28.2 Å². The fraction of sp³-hybridized carbons (Fsp3) is 0.438. The Morgan fingerprint density at radius 1 is 1.29 bits per heavy atom. The Kier molecular flexibility index (Phi) is 7.97. The second-order valence-electron chi connectivity index (χ2n) is 6.11. The first-order valence-corrected chi connectivity index (χ1v) is 12.6. The molecular weight excluding hydrogens is 463 g/mol. The van der Waals surface area contributed by atoms with Gasteiger partial charge in [0.2, 0.25) is 21.1 Å². The summed E-state index contributed by atoms with van der Waals surface area (Å²) in [5, 5.41) is 11.8. The quantitative estimate of drug-likeness (QED) is 0.438. The summed E-state index contributed by atoms with van der Waals surface area (Å²) in [6.07, 6.45) is 1.28. The molecular formula is C16H20Cl2N4O3S3. The van der Waals surface area contributed by atoms with E-state index in [0.29, 0.717) is 15.4 Å². The summed E-state index contributed by atoms with van der Waals surface area (Å²) < 4.78 is 26.7. The second-order valence-corrected chi connectivity index (χ2v) is 11.6. The van der Waals surface area contributed by atoms with E-state index in [1.54, 1.807) is 6.92 Å². The van der Waals surface area contributed by atoms with Crippen molar-refractivity contribution in [1.82, 2.24) is 10.2 Å². The highest BCUT2D eigenvalue weighted by molar-refractivity contribution is 8.01. The SMILES string of the molecule is CC[C@H](C(=O)Nc1nnc(SC(C)C)s1)N(c1ccc(Cl)c(Cl)c1)S(C)(=O)=O. The maximum atomic E-state index is 12.8. The van der Waals surface area contributed by atoms with Crippen LogP contribution >= 0.6 is 46.3 Å². The first-order chi connectivity index (χ1) is 13.0. The highest BCUT2D eigenvalue weighted by Gasteiger charge is 2.32. The lowest BCUT2D eigenvalue weighted by atomic mass is 10.2. The molecule has 1 atom stereocenters. The van der Waals surface area contributed by atoms with E-state index in [2.05, 4.69) is 15.5 Å². The van der Waals surface area contributed by atoms with E-state index in [-0.39, 0.29) is 17.1 Å². The van der Waals surface area contributed by atoms with Crippen molar-refractivity contribution in [2.75, 3.05) is 15.9 Å². The molecule has 1 heterocycles. The Hall–Kier alpha value is -1.07. The second kappa shape index (κ2) is 9.62. The Morgan fingerprint density at radius 3 is 2.50 bits per heavy atom. The van der Waals surface area contributed by atoms with Gasteiger partial charge in [-0.1, -0.05) is 67.1 Å². The molecule has 0 bridgehead atoms. The number of benzene rings is 1. The van der Waals surface area contributed by atoms with Crippen LogP contribution in [0.2, 0.25) is 10.0 Å². The Morgan fingerprint density at radius 2 is 1.96 bits per heavy atom. The Balaban J connectivity index is 2.31. The maximum absolute atomic E-state index is 12.8. The van der Waals surface area contributed by atoms with Gasteiger partial charge in [-0.25, -0.2) is 8.42 Å². The summed E-state index contributed by atoms with van der Waals surface area (Å²) in [7, 11) is -3.77. The zero-order chi connectivity index (χ0) is 21.1. The molecule has 7 nitrogen and oxygen atoms in total. The van der Waals surface area contributed by atoms with Gasteiger partial charge < -0.3 is 0 Å². The van der Waals surface area contributed by atoms with E-state index in [1.165, 1.54) is 41.3 Å². The summed E-state index contributed by atoms with van der Waals surface area (Å²) in [5.74, 6) is -0.503. The van der Waals surface area contributed by atoms with Gasteiger partial charge in [0, 0.05) is 5.25 Å². The fourth-order valence-corrected chi connectivity index (χ4v) is 5.85. The van der Waals surface area contributed by atoms with E-state index in [0.717, 1.165) is 14.9 Å². The van der Waals surface area contributed by atoms with Crippen molar-refractivity contribution in [2.45, 2.75) is 42.8 Å². The van der Waals surface area contributed by atoms with Gasteiger partial charge in [-0.15, -0.1) is 10.2 Å². The first-order valence-electron chi connectivity index (χ1n) is 8.28.